The fourth-order valence-corrected chi connectivity index (χ4v) is 3.53. The Hall–Kier alpha value is -0.120. The predicted molar refractivity (Wildman–Crippen MR) is 60.3 cm³/mol. The van der Waals surface area contributed by atoms with Crippen LogP contribution in [0.3, 0.4) is 0 Å². The van der Waals surface area contributed by atoms with E-state index in [0.717, 1.165) is 58.3 Å². The summed E-state index contributed by atoms with van der Waals surface area (Å²) in [6.07, 6.45) is 7.32. The second-order valence-corrected chi connectivity index (χ2v) is 5.79. The quantitative estimate of drug-likeness (QED) is 0.742. The zero-order valence-corrected chi connectivity index (χ0v) is 9.91. The standard InChI is InChI=1S/C13H22O3/c14-13(3-1-4-13)11-2-7-16-12(10-11)5-8-15-9-6-12/h11,14H,1-10H2. The topological polar surface area (TPSA) is 38.7 Å². The first-order valence-corrected chi connectivity index (χ1v) is 6.67. The molecule has 1 aliphatic carbocycles. The van der Waals surface area contributed by atoms with Crippen LogP contribution >= 0.6 is 0 Å². The molecule has 92 valence electrons. The second-order valence-electron chi connectivity index (χ2n) is 5.79. The van der Waals surface area contributed by atoms with Crippen LogP contribution in [-0.4, -0.2) is 36.1 Å². The molecule has 3 nitrogen and oxygen atoms in total. The Morgan fingerprint density at radius 2 is 1.75 bits per heavy atom. The van der Waals surface area contributed by atoms with Crippen LogP contribution in [-0.2, 0) is 9.47 Å². The molecule has 0 radical (unpaired) electrons. The van der Waals surface area contributed by atoms with Crippen molar-refractivity contribution in [1.82, 2.24) is 0 Å². The smallest absolute Gasteiger partial charge is 0.0730 e. The summed E-state index contributed by atoms with van der Waals surface area (Å²) in [5, 5.41) is 10.5. The van der Waals surface area contributed by atoms with Crippen LogP contribution in [0.5, 0.6) is 0 Å². The van der Waals surface area contributed by atoms with Gasteiger partial charge in [-0.05, 0) is 50.9 Å². The zero-order chi connectivity index (χ0) is 11.1. The van der Waals surface area contributed by atoms with Crippen molar-refractivity contribution in [1.29, 1.82) is 0 Å². The van der Waals surface area contributed by atoms with E-state index in [2.05, 4.69) is 0 Å². The first-order valence-electron chi connectivity index (χ1n) is 6.67. The minimum atomic E-state index is -0.352. The van der Waals surface area contributed by atoms with Gasteiger partial charge in [0.25, 0.3) is 0 Å². The highest BCUT2D eigenvalue weighted by atomic mass is 16.5. The van der Waals surface area contributed by atoms with Crippen LogP contribution in [0.2, 0.25) is 0 Å². The largest absolute Gasteiger partial charge is 0.390 e. The van der Waals surface area contributed by atoms with Crippen LogP contribution < -0.4 is 0 Å². The maximum atomic E-state index is 10.5. The SMILES string of the molecule is OC1(C2CCOC3(CCOCC3)C2)CCC1. The molecule has 2 saturated heterocycles. The molecule has 0 aromatic heterocycles. The molecule has 1 spiro atoms. The van der Waals surface area contributed by atoms with Gasteiger partial charge in [0, 0.05) is 19.8 Å². The lowest BCUT2D eigenvalue weighted by Crippen LogP contribution is -2.53. The van der Waals surface area contributed by atoms with Gasteiger partial charge in [0.2, 0.25) is 0 Å². The van der Waals surface area contributed by atoms with Gasteiger partial charge in [-0.1, -0.05) is 0 Å². The molecule has 3 heteroatoms. The Morgan fingerprint density at radius 3 is 2.38 bits per heavy atom. The summed E-state index contributed by atoms with van der Waals surface area (Å²) >= 11 is 0. The molecule has 1 N–H and O–H groups in total. The molecule has 1 saturated carbocycles. The van der Waals surface area contributed by atoms with E-state index < -0.39 is 0 Å². The molecule has 2 heterocycles. The minimum absolute atomic E-state index is 0.0342. The number of ether oxygens (including phenoxy) is 2. The summed E-state index contributed by atoms with van der Waals surface area (Å²) in [6, 6.07) is 0. The molecular formula is C13H22O3. The summed E-state index contributed by atoms with van der Waals surface area (Å²) in [5.41, 5.74) is -0.318. The van der Waals surface area contributed by atoms with Crippen LogP contribution in [0.4, 0.5) is 0 Å². The van der Waals surface area contributed by atoms with Crippen molar-refractivity contribution in [3.8, 4) is 0 Å². The lowest BCUT2D eigenvalue weighted by atomic mass is 9.65. The Bertz CT molecular complexity index is 248. The number of hydrogen-bond acceptors (Lipinski definition) is 3. The van der Waals surface area contributed by atoms with Gasteiger partial charge in [-0.25, -0.2) is 0 Å². The Balaban J connectivity index is 1.69. The normalized spacial score (nSPS) is 36.9. The van der Waals surface area contributed by atoms with E-state index in [1.165, 1.54) is 6.42 Å². The van der Waals surface area contributed by atoms with Crippen molar-refractivity contribution >= 4 is 0 Å². The van der Waals surface area contributed by atoms with Gasteiger partial charge in [0.05, 0.1) is 11.2 Å². The van der Waals surface area contributed by atoms with E-state index in [0.29, 0.717) is 5.92 Å². The molecule has 0 aromatic rings. The van der Waals surface area contributed by atoms with E-state index in [4.69, 9.17) is 9.47 Å². The lowest BCUT2D eigenvalue weighted by Gasteiger charge is -2.51. The molecule has 1 unspecified atom stereocenters. The highest BCUT2D eigenvalue weighted by molar-refractivity contribution is 5.00. The average Bonchev–Trinajstić information content (AvgIpc) is 2.27. The number of hydrogen-bond donors (Lipinski definition) is 1. The first-order chi connectivity index (χ1) is 7.73. The average molecular weight is 226 g/mol. The van der Waals surface area contributed by atoms with Crippen LogP contribution in [0.25, 0.3) is 0 Å². The van der Waals surface area contributed by atoms with Crippen molar-refractivity contribution < 1.29 is 14.6 Å². The molecule has 16 heavy (non-hydrogen) atoms. The molecular weight excluding hydrogens is 204 g/mol. The highest BCUT2D eigenvalue weighted by Crippen LogP contribution is 2.47. The van der Waals surface area contributed by atoms with Gasteiger partial charge in [0.1, 0.15) is 0 Å². The summed E-state index contributed by atoms with van der Waals surface area (Å²) in [6.45, 7) is 2.48. The van der Waals surface area contributed by atoms with Crippen molar-refractivity contribution in [3.63, 3.8) is 0 Å². The van der Waals surface area contributed by atoms with Gasteiger partial charge in [-0.15, -0.1) is 0 Å². The maximum absolute atomic E-state index is 10.5. The Morgan fingerprint density at radius 1 is 1.00 bits per heavy atom. The molecule has 3 fully saturated rings. The highest BCUT2D eigenvalue weighted by Gasteiger charge is 2.48. The zero-order valence-electron chi connectivity index (χ0n) is 9.91. The minimum Gasteiger partial charge on any atom is -0.390 e. The Kier molecular flexibility index (Phi) is 2.73. The molecule has 0 bridgehead atoms. The van der Waals surface area contributed by atoms with E-state index in [-0.39, 0.29) is 11.2 Å². The summed E-state index contributed by atoms with van der Waals surface area (Å²) in [7, 11) is 0. The summed E-state index contributed by atoms with van der Waals surface area (Å²) in [4.78, 5) is 0. The van der Waals surface area contributed by atoms with Crippen molar-refractivity contribution in [3.05, 3.63) is 0 Å². The van der Waals surface area contributed by atoms with E-state index in [1.807, 2.05) is 0 Å². The fraction of sp³-hybridized carbons (Fsp3) is 1.00. The van der Waals surface area contributed by atoms with Crippen molar-refractivity contribution in [2.45, 2.75) is 56.1 Å². The molecule has 2 aliphatic heterocycles. The van der Waals surface area contributed by atoms with Crippen molar-refractivity contribution in [2.75, 3.05) is 19.8 Å². The summed E-state index contributed by atoms with van der Waals surface area (Å²) < 4.78 is 11.4. The number of rotatable bonds is 1. The van der Waals surface area contributed by atoms with E-state index in [9.17, 15) is 5.11 Å². The molecule has 0 amide bonds. The van der Waals surface area contributed by atoms with Gasteiger partial charge in [-0.2, -0.15) is 0 Å². The van der Waals surface area contributed by atoms with Crippen LogP contribution in [0.1, 0.15) is 44.9 Å². The van der Waals surface area contributed by atoms with Crippen LogP contribution in [0.15, 0.2) is 0 Å². The number of aliphatic hydroxyl groups is 1. The second kappa shape index (κ2) is 3.97. The third-order valence-electron chi connectivity index (χ3n) is 4.88. The lowest BCUT2D eigenvalue weighted by molar-refractivity contribution is -0.189. The third-order valence-corrected chi connectivity index (χ3v) is 4.88. The van der Waals surface area contributed by atoms with Gasteiger partial charge in [-0.3, -0.25) is 0 Å². The molecule has 0 aromatic carbocycles. The van der Waals surface area contributed by atoms with Gasteiger partial charge in [0.15, 0.2) is 0 Å². The van der Waals surface area contributed by atoms with Crippen LogP contribution in [0, 0.1) is 5.92 Å². The first kappa shape index (κ1) is 11.0. The predicted octanol–water partition coefficient (Wildman–Crippen LogP) is 1.88. The fourth-order valence-electron chi connectivity index (χ4n) is 3.53. The van der Waals surface area contributed by atoms with E-state index in [1.54, 1.807) is 0 Å². The van der Waals surface area contributed by atoms with Gasteiger partial charge < -0.3 is 14.6 Å². The Labute approximate surface area is 97.1 Å². The molecule has 1 atom stereocenters. The molecule has 3 rings (SSSR count). The van der Waals surface area contributed by atoms with E-state index >= 15 is 0 Å². The monoisotopic (exact) mass is 226 g/mol. The summed E-state index contributed by atoms with van der Waals surface area (Å²) in [5.74, 6) is 0.466. The maximum Gasteiger partial charge on any atom is 0.0730 e. The van der Waals surface area contributed by atoms with Gasteiger partial charge >= 0.3 is 0 Å². The molecule has 3 aliphatic rings. The third kappa shape index (κ3) is 1.79. The van der Waals surface area contributed by atoms with Crippen molar-refractivity contribution in [2.24, 2.45) is 5.92 Å².